The number of carbonyl (C=O) groups is 1. The van der Waals surface area contributed by atoms with E-state index >= 15 is 0 Å². The van der Waals surface area contributed by atoms with Crippen LogP contribution in [-0.2, 0) is 6.18 Å². The molecule has 2 aromatic carbocycles. The minimum absolute atomic E-state index is 0.0758. The number of hydrogen-bond donors (Lipinski definition) is 0. The zero-order chi connectivity index (χ0) is 19.8. The Labute approximate surface area is 154 Å². The molecule has 1 aliphatic carbocycles. The SMILES string of the molecule is COc1cccc(C2CC(N(C)C(=O)c3ccc(F)c(C(F)(F)F)c3)C2)c1. The van der Waals surface area contributed by atoms with Gasteiger partial charge in [0.1, 0.15) is 11.6 Å². The second-order valence-electron chi connectivity index (χ2n) is 6.71. The van der Waals surface area contributed by atoms with Crippen molar-refractivity contribution in [3.63, 3.8) is 0 Å². The quantitative estimate of drug-likeness (QED) is 0.707. The second-order valence-corrected chi connectivity index (χ2v) is 6.71. The maximum atomic E-state index is 13.4. The highest BCUT2D eigenvalue weighted by Gasteiger charge is 2.37. The molecule has 1 aliphatic rings. The maximum absolute atomic E-state index is 13.4. The number of ether oxygens (including phenoxy) is 1. The van der Waals surface area contributed by atoms with E-state index in [-0.39, 0.29) is 17.5 Å². The van der Waals surface area contributed by atoms with Gasteiger partial charge in [-0.15, -0.1) is 0 Å². The third-order valence-corrected chi connectivity index (χ3v) is 5.07. The molecule has 0 heterocycles. The van der Waals surface area contributed by atoms with Crippen molar-refractivity contribution in [2.24, 2.45) is 0 Å². The summed E-state index contributed by atoms with van der Waals surface area (Å²) in [7, 11) is 3.15. The summed E-state index contributed by atoms with van der Waals surface area (Å²) in [6, 6.07) is 9.94. The Morgan fingerprint density at radius 2 is 1.85 bits per heavy atom. The smallest absolute Gasteiger partial charge is 0.419 e. The Morgan fingerprint density at radius 3 is 2.48 bits per heavy atom. The van der Waals surface area contributed by atoms with Gasteiger partial charge in [0, 0.05) is 18.7 Å². The van der Waals surface area contributed by atoms with Crippen molar-refractivity contribution in [2.75, 3.05) is 14.2 Å². The first-order chi connectivity index (χ1) is 12.7. The molecule has 1 fully saturated rings. The molecule has 1 saturated carbocycles. The summed E-state index contributed by atoms with van der Waals surface area (Å²) >= 11 is 0. The molecule has 0 spiro atoms. The largest absolute Gasteiger partial charge is 0.497 e. The summed E-state index contributed by atoms with van der Waals surface area (Å²) in [5.74, 6) is -0.913. The summed E-state index contributed by atoms with van der Waals surface area (Å²) in [4.78, 5) is 14.0. The Morgan fingerprint density at radius 1 is 1.15 bits per heavy atom. The van der Waals surface area contributed by atoms with E-state index in [4.69, 9.17) is 4.74 Å². The Kier molecular flexibility index (Phi) is 5.13. The number of nitrogens with zero attached hydrogens (tertiary/aromatic N) is 1. The van der Waals surface area contributed by atoms with Gasteiger partial charge in [-0.05, 0) is 54.7 Å². The molecule has 27 heavy (non-hydrogen) atoms. The van der Waals surface area contributed by atoms with Crippen LogP contribution in [-0.4, -0.2) is 31.0 Å². The molecule has 2 aromatic rings. The van der Waals surface area contributed by atoms with Gasteiger partial charge >= 0.3 is 6.18 Å². The third-order valence-electron chi connectivity index (χ3n) is 5.07. The number of carbonyl (C=O) groups excluding carboxylic acids is 1. The van der Waals surface area contributed by atoms with Crippen molar-refractivity contribution in [3.05, 3.63) is 65.0 Å². The molecule has 0 saturated heterocycles. The van der Waals surface area contributed by atoms with E-state index in [0.29, 0.717) is 25.0 Å². The van der Waals surface area contributed by atoms with Gasteiger partial charge in [0.05, 0.1) is 12.7 Å². The van der Waals surface area contributed by atoms with Crippen molar-refractivity contribution in [1.82, 2.24) is 4.90 Å². The van der Waals surface area contributed by atoms with Crippen LogP contribution in [0.15, 0.2) is 42.5 Å². The predicted molar refractivity (Wildman–Crippen MR) is 92.3 cm³/mol. The average Bonchev–Trinajstić information content (AvgIpc) is 2.59. The van der Waals surface area contributed by atoms with Crippen LogP contribution in [0.1, 0.15) is 40.2 Å². The normalized spacial score (nSPS) is 19.3. The van der Waals surface area contributed by atoms with Crippen LogP contribution in [0.2, 0.25) is 0 Å². The summed E-state index contributed by atoms with van der Waals surface area (Å²) < 4.78 is 57.2. The summed E-state index contributed by atoms with van der Waals surface area (Å²) in [6.07, 6.45) is -3.42. The van der Waals surface area contributed by atoms with Gasteiger partial charge in [0.25, 0.3) is 5.91 Å². The van der Waals surface area contributed by atoms with Crippen molar-refractivity contribution in [1.29, 1.82) is 0 Å². The highest BCUT2D eigenvalue weighted by Crippen LogP contribution is 2.41. The molecule has 0 aliphatic heterocycles. The Bertz CT molecular complexity index is 844. The average molecular weight is 381 g/mol. The monoisotopic (exact) mass is 381 g/mol. The minimum Gasteiger partial charge on any atom is -0.497 e. The first kappa shape index (κ1) is 19.2. The van der Waals surface area contributed by atoms with Gasteiger partial charge in [0.2, 0.25) is 0 Å². The number of rotatable bonds is 4. The molecule has 0 bridgehead atoms. The van der Waals surface area contributed by atoms with Gasteiger partial charge < -0.3 is 9.64 Å². The third kappa shape index (κ3) is 3.91. The van der Waals surface area contributed by atoms with Gasteiger partial charge in [-0.3, -0.25) is 4.79 Å². The Hall–Kier alpha value is -2.57. The lowest BCUT2D eigenvalue weighted by Gasteiger charge is -2.41. The molecular weight excluding hydrogens is 362 g/mol. The highest BCUT2D eigenvalue weighted by atomic mass is 19.4. The van der Waals surface area contributed by atoms with Crippen LogP contribution in [0.5, 0.6) is 5.75 Å². The lowest BCUT2D eigenvalue weighted by molar-refractivity contribution is -0.140. The number of amides is 1. The lowest BCUT2D eigenvalue weighted by Crippen LogP contribution is -2.44. The first-order valence-corrected chi connectivity index (χ1v) is 8.48. The van der Waals surface area contributed by atoms with Crippen LogP contribution >= 0.6 is 0 Å². The molecule has 0 aromatic heterocycles. The van der Waals surface area contributed by atoms with E-state index in [1.807, 2.05) is 24.3 Å². The van der Waals surface area contributed by atoms with Crippen LogP contribution in [0.25, 0.3) is 0 Å². The molecule has 3 rings (SSSR count). The fourth-order valence-corrected chi connectivity index (χ4v) is 3.32. The standard InChI is InChI=1S/C20H19F4NO2/c1-25(15-8-14(9-15)12-4-3-5-16(10-12)27-2)19(26)13-6-7-18(21)17(11-13)20(22,23)24/h3-7,10-11,14-15H,8-9H2,1-2H3. The zero-order valence-electron chi connectivity index (χ0n) is 14.9. The number of halogens is 4. The number of alkyl halides is 3. The van der Waals surface area contributed by atoms with Crippen molar-refractivity contribution < 1.29 is 27.1 Å². The fourth-order valence-electron chi connectivity index (χ4n) is 3.32. The van der Waals surface area contributed by atoms with Crippen molar-refractivity contribution in [3.8, 4) is 5.75 Å². The summed E-state index contributed by atoms with van der Waals surface area (Å²) in [5.41, 5.74) is -0.492. The molecular formula is C20H19F4NO2. The van der Waals surface area contributed by atoms with Gasteiger partial charge in [-0.1, -0.05) is 12.1 Å². The van der Waals surface area contributed by atoms with Gasteiger partial charge in [-0.2, -0.15) is 13.2 Å². The van der Waals surface area contributed by atoms with Crippen molar-refractivity contribution >= 4 is 5.91 Å². The lowest BCUT2D eigenvalue weighted by atomic mass is 9.75. The Balaban J connectivity index is 1.69. The summed E-state index contributed by atoms with van der Waals surface area (Å²) in [6.45, 7) is 0. The maximum Gasteiger partial charge on any atom is 0.419 e. The van der Waals surface area contributed by atoms with E-state index in [9.17, 15) is 22.4 Å². The molecule has 3 nitrogen and oxygen atoms in total. The molecule has 7 heteroatoms. The van der Waals surface area contributed by atoms with Gasteiger partial charge in [-0.25, -0.2) is 4.39 Å². The van der Waals surface area contributed by atoms with E-state index in [2.05, 4.69) is 0 Å². The second kappa shape index (κ2) is 7.21. The van der Waals surface area contributed by atoms with E-state index < -0.39 is 23.5 Å². The molecule has 144 valence electrons. The highest BCUT2D eigenvalue weighted by molar-refractivity contribution is 5.94. The summed E-state index contributed by atoms with van der Waals surface area (Å²) in [5, 5.41) is 0. The zero-order valence-corrected chi connectivity index (χ0v) is 14.9. The molecule has 0 radical (unpaired) electrons. The molecule has 0 atom stereocenters. The predicted octanol–water partition coefficient (Wildman–Crippen LogP) is 4.87. The molecule has 0 unspecified atom stereocenters. The fraction of sp³-hybridized carbons (Fsp3) is 0.350. The van der Waals surface area contributed by atoms with Gasteiger partial charge in [0.15, 0.2) is 0 Å². The number of benzene rings is 2. The first-order valence-electron chi connectivity index (χ1n) is 8.48. The van der Waals surface area contributed by atoms with E-state index in [1.54, 1.807) is 14.2 Å². The van der Waals surface area contributed by atoms with Crippen LogP contribution in [0.4, 0.5) is 17.6 Å². The minimum atomic E-state index is -4.84. The van der Waals surface area contributed by atoms with E-state index in [0.717, 1.165) is 17.4 Å². The number of hydrogen-bond acceptors (Lipinski definition) is 2. The van der Waals surface area contributed by atoms with Crippen LogP contribution in [0.3, 0.4) is 0 Å². The topological polar surface area (TPSA) is 29.5 Å². The molecule has 0 N–H and O–H groups in total. The van der Waals surface area contributed by atoms with E-state index in [1.165, 1.54) is 4.90 Å². The van der Waals surface area contributed by atoms with Crippen molar-refractivity contribution in [2.45, 2.75) is 31.0 Å². The molecule has 1 amide bonds. The number of methoxy groups -OCH3 is 1. The van der Waals surface area contributed by atoms with Crippen LogP contribution < -0.4 is 4.74 Å². The van der Waals surface area contributed by atoms with Crippen LogP contribution in [0, 0.1) is 5.82 Å².